The Labute approximate surface area is 145 Å². The maximum atomic E-state index is 5.63. The van der Waals surface area contributed by atoms with Gasteiger partial charge < -0.3 is 10.1 Å². The molecule has 1 N–H and O–H groups in total. The molecule has 0 aliphatic heterocycles. The van der Waals surface area contributed by atoms with Crippen molar-refractivity contribution in [2.45, 2.75) is 58.5 Å². The standard InChI is InChI=1S/C17H25Br2NO/c1-3-12-5-7-14(8-6-12)20-11-13-9-15(18)17(21-4-2)16(19)10-13/h9-10,12,14,20H,3-8,11H2,1-2H3. The van der Waals surface area contributed by atoms with Crippen LogP contribution in [0.15, 0.2) is 21.1 Å². The fourth-order valence-electron chi connectivity index (χ4n) is 3.03. The summed E-state index contributed by atoms with van der Waals surface area (Å²) >= 11 is 7.20. The smallest absolute Gasteiger partial charge is 0.147 e. The Kier molecular flexibility index (Phi) is 7.03. The number of benzene rings is 1. The molecule has 0 bridgehead atoms. The van der Waals surface area contributed by atoms with Crippen LogP contribution in [0.5, 0.6) is 5.75 Å². The zero-order valence-electron chi connectivity index (χ0n) is 12.9. The molecular weight excluding hydrogens is 394 g/mol. The molecule has 2 rings (SSSR count). The first-order valence-corrected chi connectivity index (χ1v) is 9.56. The van der Waals surface area contributed by atoms with Crippen LogP contribution in [0.4, 0.5) is 0 Å². The summed E-state index contributed by atoms with van der Waals surface area (Å²) in [7, 11) is 0. The lowest BCUT2D eigenvalue weighted by Crippen LogP contribution is -2.32. The summed E-state index contributed by atoms with van der Waals surface area (Å²) in [6, 6.07) is 4.98. The summed E-state index contributed by atoms with van der Waals surface area (Å²) in [5.41, 5.74) is 1.29. The Hall–Kier alpha value is -0.0600. The molecule has 1 aliphatic carbocycles. The predicted molar refractivity (Wildman–Crippen MR) is 95.9 cm³/mol. The van der Waals surface area contributed by atoms with Gasteiger partial charge in [0.1, 0.15) is 5.75 Å². The summed E-state index contributed by atoms with van der Waals surface area (Å²) in [5, 5.41) is 3.71. The summed E-state index contributed by atoms with van der Waals surface area (Å²) in [4.78, 5) is 0. The van der Waals surface area contributed by atoms with Gasteiger partial charge in [-0.2, -0.15) is 0 Å². The summed E-state index contributed by atoms with van der Waals surface area (Å²) in [6.45, 7) is 5.91. The highest BCUT2D eigenvalue weighted by molar-refractivity contribution is 9.11. The van der Waals surface area contributed by atoms with E-state index < -0.39 is 0 Å². The monoisotopic (exact) mass is 417 g/mol. The molecule has 1 saturated carbocycles. The molecule has 0 atom stereocenters. The summed E-state index contributed by atoms with van der Waals surface area (Å²) in [6.07, 6.45) is 6.73. The molecule has 0 heterocycles. The lowest BCUT2D eigenvalue weighted by molar-refractivity contribution is 0.285. The van der Waals surface area contributed by atoms with Gasteiger partial charge in [-0.25, -0.2) is 0 Å². The minimum absolute atomic E-state index is 0.676. The third-order valence-electron chi connectivity index (χ3n) is 4.37. The quantitative estimate of drug-likeness (QED) is 0.642. The van der Waals surface area contributed by atoms with Gasteiger partial charge in [0.05, 0.1) is 15.6 Å². The second-order valence-corrected chi connectivity index (χ2v) is 7.54. The van der Waals surface area contributed by atoms with Gasteiger partial charge in [0.2, 0.25) is 0 Å². The van der Waals surface area contributed by atoms with Crippen molar-refractivity contribution >= 4 is 31.9 Å². The number of halogens is 2. The van der Waals surface area contributed by atoms with E-state index in [1.54, 1.807) is 0 Å². The van der Waals surface area contributed by atoms with Crippen molar-refractivity contribution in [3.63, 3.8) is 0 Å². The maximum Gasteiger partial charge on any atom is 0.147 e. The van der Waals surface area contributed by atoms with Gasteiger partial charge in [0.25, 0.3) is 0 Å². The van der Waals surface area contributed by atoms with E-state index in [1.807, 2.05) is 6.92 Å². The first kappa shape index (κ1) is 17.3. The van der Waals surface area contributed by atoms with Crippen LogP contribution in [0.3, 0.4) is 0 Å². The highest BCUT2D eigenvalue weighted by Crippen LogP contribution is 2.35. The molecule has 0 amide bonds. The number of hydrogen-bond acceptors (Lipinski definition) is 2. The molecule has 0 saturated heterocycles. The molecule has 0 spiro atoms. The van der Waals surface area contributed by atoms with Crippen LogP contribution in [0, 0.1) is 5.92 Å². The molecule has 1 aromatic carbocycles. The molecular formula is C17H25Br2NO. The number of hydrogen-bond donors (Lipinski definition) is 1. The van der Waals surface area contributed by atoms with Gasteiger partial charge in [-0.1, -0.05) is 13.3 Å². The largest absolute Gasteiger partial charge is 0.492 e. The fourth-order valence-corrected chi connectivity index (χ4v) is 4.54. The Bertz CT molecular complexity index is 433. The summed E-state index contributed by atoms with van der Waals surface area (Å²) in [5.74, 6) is 1.85. The second-order valence-electron chi connectivity index (χ2n) is 5.83. The summed E-state index contributed by atoms with van der Waals surface area (Å²) < 4.78 is 7.66. The highest BCUT2D eigenvalue weighted by atomic mass is 79.9. The van der Waals surface area contributed by atoms with Gasteiger partial charge in [0.15, 0.2) is 0 Å². The molecule has 0 unspecified atom stereocenters. The lowest BCUT2D eigenvalue weighted by atomic mass is 9.84. The fraction of sp³-hybridized carbons (Fsp3) is 0.647. The van der Waals surface area contributed by atoms with Gasteiger partial charge in [-0.3, -0.25) is 0 Å². The van der Waals surface area contributed by atoms with Crippen LogP contribution in [0.1, 0.15) is 51.5 Å². The molecule has 2 nitrogen and oxygen atoms in total. The Morgan fingerprint density at radius 3 is 2.24 bits per heavy atom. The molecule has 21 heavy (non-hydrogen) atoms. The van der Waals surface area contributed by atoms with Crippen LogP contribution >= 0.6 is 31.9 Å². The molecule has 0 radical (unpaired) electrons. The van der Waals surface area contributed by atoms with Crippen LogP contribution in [0.25, 0.3) is 0 Å². The Morgan fingerprint density at radius 2 is 1.71 bits per heavy atom. The van der Waals surface area contributed by atoms with E-state index in [9.17, 15) is 0 Å². The zero-order chi connectivity index (χ0) is 15.2. The van der Waals surface area contributed by atoms with E-state index in [0.717, 1.165) is 27.2 Å². The van der Waals surface area contributed by atoms with E-state index in [0.29, 0.717) is 12.6 Å². The van der Waals surface area contributed by atoms with Gasteiger partial charge >= 0.3 is 0 Å². The third-order valence-corrected chi connectivity index (χ3v) is 5.54. The first-order chi connectivity index (χ1) is 10.1. The topological polar surface area (TPSA) is 21.3 Å². The van der Waals surface area contributed by atoms with Crippen molar-refractivity contribution in [1.82, 2.24) is 5.32 Å². The third kappa shape index (κ3) is 4.97. The molecule has 1 aromatic rings. The number of ether oxygens (including phenoxy) is 1. The normalized spacial score (nSPS) is 22.3. The van der Waals surface area contributed by atoms with Gasteiger partial charge in [-0.15, -0.1) is 0 Å². The van der Waals surface area contributed by atoms with Gasteiger partial charge in [0, 0.05) is 12.6 Å². The van der Waals surface area contributed by atoms with Crippen molar-refractivity contribution < 1.29 is 4.74 Å². The second kappa shape index (κ2) is 8.54. The van der Waals surface area contributed by atoms with E-state index in [2.05, 4.69) is 56.2 Å². The van der Waals surface area contributed by atoms with E-state index in [-0.39, 0.29) is 0 Å². The highest BCUT2D eigenvalue weighted by Gasteiger charge is 2.19. The first-order valence-electron chi connectivity index (χ1n) is 7.98. The predicted octanol–water partition coefficient (Wildman–Crippen LogP) is 5.67. The molecule has 0 aromatic heterocycles. The maximum absolute atomic E-state index is 5.63. The van der Waals surface area contributed by atoms with Gasteiger partial charge in [-0.05, 0) is 88.1 Å². The molecule has 118 valence electrons. The van der Waals surface area contributed by atoms with Crippen molar-refractivity contribution in [2.75, 3.05) is 6.61 Å². The lowest BCUT2D eigenvalue weighted by Gasteiger charge is -2.28. The van der Waals surface area contributed by atoms with Crippen LogP contribution in [0.2, 0.25) is 0 Å². The zero-order valence-corrected chi connectivity index (χ0v) is 16.1. The molecule has 1 aliphatic rings. The number of nitrogens with one attached hydrogen (secondary N) is 1. The van der Waals surface area contributed by atoms with Crippen molar-refractivity contribution in [2.24, 2.45) is 5.92 Å². The Morgan fingerprint density at radius 1 is 1.10 bits per heavy atom. The minimum atomic E-state index is 0.676. The van der Waals surface area contributed by atoms with E-state index in [4.69, 9.17) is 4.74 Å². The van der Waals surface area contributed by atoms with Crippen molar-refractivity contribution in [1.29, 1.82) is 0 Å². The number of rotatable bonds is 6. The molecule has 4 heteroatoms. The van der Waals surface area contributed by atoms with Crippen molar-refractivity contribution in [3.05, 3.63) is 26.6 Å². The average Bonchev–Trinajstić information content (AvgIpc) is 2.49. The van der Waals surface area contributed by atoms with Crippen molar-refractivity contribution in [3.8, 4) is 5.75 Å². The van der Waals surface area contributed by atoms with Crippen LogP contribution < -0.4 is 10.1 Å². The van der Waals surface area contributed by atoms with Crippen LogP contribution in [-0.2, 0) is 6.54 Å². The molecule has 1 fully saturated rings. The SMILES string of the molecule is CCOc1c(Br)cc(CNC2CCC(CC)CC2)cc1Br. The van der Waals surface area contributed by atoms with E-state index >= 15 is 0 Å². The average molecular weight is 419 g/mol. The minimum Gasteiger partial charge on any atom is -0.492 e. The van der Waals surface area contributed by atoms with E-state index in [1.165, 1.54) is 37.7 Å². The Balaban J connectivity index is 1.89. The van der Waals surface area contributed by atoms with Crippen LogP contribution in [-0.4, -0.2) is 12.6 Å².